The molecule has 0 heterocycles. The third-order valence-electron chi connectivity index (χ3n) is 2.15. The van der Waals surface area contributed by atoms with Gasteiger partial charge in [-0.05, 0) is 19.3 Å². The topological polar surface area (TPSA) is 55.4 Å². The molecule has 0 aromatic rings. The second-order valence-corrected chi connectivity index (χ2v) is 6.03. The summed E-state index contributed by atoms with van der Waals surface area (Å²) in [4.78, 5) is 0. The lowest BCUT2D eigenvalue weighted by atomic mass is 10.2. The number of sulfonamides is 1. The van der Waals surface area contributed by atoms with Crippen LogP contribution in [0.5, 0.6) is 0 Å². The lowest BCUT2D eigenvalue weighted by Crippen LogP contribution is -2.39. The SMILES string of the molecule is CCCC(COC)NS(=O)(=O)CCCCCl. The number of nitrogens with one attached hydrogen (secondary N) is 1. The maximum Gasteiger partial charge on any atom is 0.211 e. The van der Waals surface area contributed by atoms with Crippen molar-refractivity contribution in [2.24, 2.45) is 0 Å². The van der Waals surface area contributed by atoms with Crippen molar-refractivity contribution in [1.82, 2.24) is 4.72 Å². The van der Waals surface area contributed by atoms with Gasteiger partial charge in [0.25, 0.3) is 0 Å². The van der Waals surface area contributed by atoms with E-state index in [1.165, 1.54) is 0 Å². The third kappa shape index (κ3) is 8.33. The molecular formula is C10H22ClNO3S. The van der Waals surface area contributed by atoms with Crippen LogP contribution in [0, 0.1) is 0 Å². The fraction of sp³-hybridized carbons (Fsp3) is 1.00. The zero-order valence-electron chi connectivity index (χ0n) is 10.0. The molecule has 16 heavy (non-hydrogen) atoms. The lowest BCUT2D eigenvalue weighted by molar-refractivity contribution is 0.171. The van der Waals surface area contributed by atoms with Gasteiger partial charge < -0.3 is 4.74 Å². The summed E-state index contributed by atoms with van der Waals surface area (Å²) in [5.74, 6) is 0.648. The molecule has 6 heteroatoms. The van der Waals surface area contributed by atoms with E-state index in [-0.39, 0.29) is 11.8 Å². The molecule has 1 N–H and O–H groups in total. The Balaban J connectivity index is 4.08. The molecule has 0 amide bonds. The molecule has 0 aliphatic heterocycles. The Bertz CT molecular complexity index is 251. The van der Waals surface area contributed by atoms with E-state index in [0.717, 1.165) is 19.3 Å². The molecule has 0 saturated heterocycles. The highest BCUT2D eigenvalue weighted by Gasteiger charge is 2.16. The summed E-state index contributed by atoms with van der Waals surface area (Å²) in [7, 11) is -1.61. The van der Waals surface area contributed by atoms with Crippen LogP contribution in [-0.2, 0) is 14.8 Å². The number of ether oxygens (including phenoxy) is 1. The Hall–Kier alpha value is 0.160. The van der Waals surface area contributed by atoms with Crippen molar-refractivity contribution < 1.29 is 13.2 Å². The maximum atomic E-state index is 11.7. The highest BCUT2D eigenvalue weighted by molar-refractivity contribution is 7.89. The zero-order valence-corrected chi connectivity index (χ0v) is 11.6. The molecule has 0 fully saturated rings. The number of hydrogen-bond donors (Lipinski definition) is 1. The maximum absolute atomic E-state index is 11.7. The van der Waals surface area contributed by atoms with E-state index in [9.17, 15) is 8.42 Å². The Kier molecular flexibility index (Phi) is 9.31. The summed E-state index contributed by atoms with van der Waals surface area (Å²) in [6.07, 6.45) is 3.05. The van der Waals surface area contributed by atoms with Gasteiger partial charge in [0.15, 0.2) is 0 Å². The molecule has 0 aromatic carbocycles. The molecule has 0 aromatic heterocycles. The molecule has 0 spiro atoms. The predicted molar refractivity (Wildman–Crippen MR) is 67.4 cm³/mol. The first kappa shape index (κ1) is 16.2. The van der Waals surface area contributed by atoms with Gasteiger partial charge in [0.1, 0.15) is 0 Å². The standard InChI is InChI=1S/C10H22ClNO3S/c1-3-6-10(9-15-2)12-16(13,14)8-5-4-7-11/h10,12H,3-9H2,1-2H3. The predicted octanol–water partition coefficient (Wildman–Crippen LogP) is 1.74. The van der Waals surface area contributed by atoms with Gasteiger partial charge >= 0.3 is 0 Å². The minimum atomic E-state index is -3.19. The van der Waals surface area contributed by atoms with Crippen molar-refractivity contribution in [2.75, 3.05) is 25.3 Å². The van der Waals surface area contributed by atoms with Gasteiger partial charge in [-0.1, -0.05) is 13.3 Å². The first-order valence-corrected chi connectivity index (χ1v) is 7.79. The van der Waals surface area contributed by atoms with Gasteiger partial charge in [0.2, 0.25) is 10.0 Å². The Morgan fingerprint density at radius 3 is 2.56 bits per heavy atom. The second-order valence-electron chi connectivity index (χ2n) is 3.77. The molecule has 0 radical (unpaired) electrons. The summed E-state index contributed by atoms with van der Waals surface area (Å²) in [6.45, 7) is 2.44. The smallest absolute Gasteiger partial charge is 0.211 e. The third-order valence-corrected chi connectivity index (χ3v) is 3.93. The van der Waals surface area contributed by atoms with E-state index in [1.54, 1.807) is 7.11 Å². The van der Waals surface area contributed by atoms with Crippen LogP contribution in [0.3, 0.4) is 0 Å². The van der Waals surface area contributed by atoms with Crippen LogP contribution in [0.4, 0.5) is 0 Å². The summed E-state index contributed by atoms with van der Waals surface area (Å²) < 4.78 is 30.9. The lowest BCUT2D eigenvalue weighted by Gasteiger charge is -2.17. The van der Waals surface area contributed by atoms with Crippen LogP contribution in [-0.4, -0.2) is 39.8 Å². The average molecular weight is 272 g/mol. The molecule has 1 atom stereocenters. The highest BCUT2D eigenvalue weighted by atomic mass is 35.5. The molecule has 0 aliphatic rings. The first-order valence-electron chi connectivity index (χ1n) is 5.60. The molecular weight excluding hydrogens is 250 g/mol. The van der Waals surface area contributed by atoms with E-state index in [0.29, 0.717) is 18.9 Å². The Morgan fingerprint density at radius 2 is 2.06 bits per heavy atom. The number of hydrogen-bond acceptors (Lipinski definition) is 3. The van der Waals surface area contributed by atoms with Gasteiger partial charge in [0.05, 0.1) is 12.4 Å². The van der Waals surface area contributed by atoms with Crippen LogP contribution in [0.1, 0.15) is 32.6 Å². The summed E-state index contributed by atoms with van der Waals surface area (Å²) in [5.41, 5.74) is 0. The molecule has 1 unspecified atom stereocenters. The van der Waals surface area contributed by atoms with Crippen molar-refractivity contribution in [1.29, 1.82) is 0 Å². The normalized spacial score (nSPS) is 13.9. The average Bonchev–Trinajstić information content (AvgIpc) is 2.18. The van der Waals surface area contributed by atoms with Gasteiger partial charge in [-0.15, -0.1) is 11.6 Å². The minimum absolute atomic E-state index is 0.115. The van der Waals surface area contributed by atoms with E-state index >= 15 is 0 Å². The molecule has 0 aliphatic carbocycles. The van der Waals surface area contributed by atoms with Gasteiger partial charge in [0, 0.05) is 19.0 Å². The van der Waals surface area contributed by atoms with Gasteiger partial charge in [-0.3, -0.25) is 0 Å². The largest absolute Gasteiger partial charge is 0.383 e. The molecule has 98 valence electrons. The molecule has 4 nitrogen and oxygen atoms in total. The molecule has 0 rings (SSSR count). The van der Waals surface area contributed by atoms with Gasteiger partial charge in [-0.25, -0.2) is 13.1 Å². The highest BCUT2D eigenvalue weighted by Crippen LogP contribution is 2.02. The number of rotatable bonds is 10. The Labute approximate surface area is 104 Å². The van der Waals surface area contributed by atoms with Crippen molar-refractivity contribution in [2.45, 2.75) is 38.6 Å². The van der Waals surface area contributed by atoms with Crippen LogP contribution in [0.25, 0.3) is 0 Å². The number of halogens is 1. The quantitative estimate of drug-likeness (QED) is 0.486. The van der Waals surface area contributed by atoms with Crippen molar-refractivity contribution in [3.63, 3.8) is 0 Å². The fourth-order valence-electron chi connectivity index (χ4n) is 1.43. The zero-order chi connectivity index (χ0) is 12.4. The number of methoxy groups -OCH3 is 1. The van der Waals surface area contributed by atoms with E-state index in [4.69, 9.17) is 16.3 Å². The van der Waals surface area contributed by atoms with E-state index in [1.807, 2.05) is 6.92 Å². The van der Waals surface area contributed by atoms with Gasteiger partial charge in [-0.2, -0.15) is 0 Å². The minimum Gasteiger partial charge on any atom is -0.383 e. The van der Waals surface area contributed by atoms with E-state index in [2.05, 4.69) is 4.72 Å². The summed E-state index contributed by atoms with van der Waals surface area (Å²) in [6, 6.07) is -0.115. The van der Waals surface area contributed by atoms with Crippen LogP contribution in [0.2, 0.25) is 0 Å². The van der Waals surface area contributed by atoms with Crippen LogP contribution < -0.4 is 4.72 Å². The monoisotopic (exact) mass is 271 g/mol. The van der Waals surface area contributed by atoms with Crippen molar-refractivity contribution >= 4 is 21.6 Å². The van der Waals surface area contributed by atoms with E-state index < -0.39 is 10.0 Å². The second kappa shape index (κ2) is 9.22. The molecule has 0 saturated carbocycles. The fourth-order valence-corrected chi connectivity index (χ4v) is 3.01. The Morgan fingerprint density at radius 1 is 1.38 bits per heavy atom. The summed E-state index contributed by atoms with van der Waals surface area (Å²) in [5, 5.41) is 0. The number of unbranched alkanes of at least 4 members (excludes halogenated alkanes) is 1. The first-order chi connectivity index (χ1) is 7.55. The van der Waals surface area contributed by atoms with Crippen LogP contribution >= 0.6 is 11.6 Å². The molecule has 0 bridgehead atoms. The summed E-state index contributed by atoms with van der Waals surface area (Å²) >= 11 is 5.50. The van der Waals surface area contributed by atoms with Crippen LogP contribution in [0.15, 0.2) is 0 Å². The number of alkyl halides is 1. The van der Waals surface area contributed by atoms with Crippen molar-refractivity contribution in [3.05, 3.63) is 0 Å². The van der Waals surface area contributed by atoms with Crippen molar-refractivity contribution in [3.8, 4) is 0 Å².